The lowest BCUT2D eigenvalue weighted by Gasteiger charge is -2.29. The zero-order valence-electron chi connectivity index (χ0n) is 14.8. The minimum absolute atomic E-state index is 0.113. The highest BCUT2D eigenvalue weighted by molar-refractivity contribution is 6.30. The van der Waals surface area contributed by atoms with E-state index in [1.165, 1.54) is 0 Å². The Bertz CT molecular complexity index is 809. The molecule has 2 heterocycles. The van der Waals surface area contributed by atoms with Crippen LogP contribution in [-0.4, -0.2) is 49.6 Å². The van der Waals surface area contributed by atoms with Crippen LogP contribution in [0.2, 0.25) is 5.02 Å². The van der Waals surface area contributed by atoms with Gasteiger partial charge in [0.2, 0.25) is 5.91 Å². The third-order valence-electron chi connectivity index (χ3n) is 4.15. The maximum atomic E-state index is 12.1. The summed E-state index contributed by atoms with van der Waals surface area (Å²) < 4.78 is 5.37. The zero-order chi connectivity index (χ0) is 19.1. The van der Waals surface area contributed by atoms with E-state index in [1.807, 2.05) is 12.1 Å². The Hall–Kier alpha value is -2.64. The van der Waals surface area contributed by atoms with Gasteiger partial charge in [-0.3, -0.25) is 9.59 Å². The van der Waals surface area contributed by atoms with Gasteiger partial charge in [-0.1, -0.05) is 23.7 Å². The smallest absolute Gasteiger partial charge is 0.251 e. The van der Waals surface area contributed by atoms with E-state index >= 15 is 0 Å². The summed E-state index contributed by atoms with van der Waals surface area (Å²) in [5, 5.41) is 5.88. The number of carbonyl (C=O) groups excluding carboxylic acids is 2. The topological polar surface area (TPSA) is 83.6 Å². The average molecular weight is 389 g/mol. The molecule has 0 saturated carbocycles. The van der Waals surface area contributed by atoms with Crippen LogP contribution >= 0.6 is 11.6 Å². The largest absolute Gasteiger partial charge is 0.378 e. The number of hydrogen-bond donors (Lipinski definition) is 2. The number of aromatic nitrogens is 1. The van der Waals surface area contributed by atoms with E-state index in [9.17, 15) is 9.59 Å². The number of nitrogens with zero attached hydrogens (tertiary/aromatic N) is 2. The first-order valence-electron chi connectivity index (χ1n) is 8.70. The summed E-state index contributed by atoms with van der Waals surface area (Å²) in [5.41, 5.74) is 1.34. The van der Waals surface area contributed by atoms with Gasteiger partial charge >= 0.3 is 0 Å². The molecule has 2 N–H and O–H groups in total. The lowest BCUT2D eigenvalue weighted by atomic mass is 10.2. The molecule has 0 atom stereocenters. The third kappa shape index (κ3) is 5.42. The first kappa shape index (κ1) is 19.1. The monoisotopic (exact) mass is 388 g/mol. The van der Waals surface area contributed by atoms with Gasteiger partial charge in [-0.05, 0) is 24.3 Å². The second-order valence-corrected chi connectivity index (χ2v) is 6.49. The van der Waals surface area contributed by atoms with Crippen LogP contribution in [0.3, 0.4) is 0 Å². The fourth-order valence-corrected chi connectivity index (χ4v) is 2.97. The van der Waals surface area contributed by atoms with Crippen molar-refractivity contribution >= 4 is 29.2 Å². The fourth-order valence-electron chi connectivity index (χ4n) is 2.78. The van der Waals surface area contributed by atoms with Crippen LogP contribution in [-0.2, 0) is 16.1 Å². The van der Waals surface area contributed by atoms with Crippen molar-refractivity contribution in [2.45, 2.75) is 6.54 Å². The molecule has 2 amide bonds. The molecule has 1 saturated heterocycles. The molecule has 142 valence electrons. The summed E-state index contributed by atoms with van der Waals surface area (Å²) >= 11 is 5.87. The quantitative estimate of drug-likeness (QED) is 0.785. The molecule has 2 aromatic rings. The van der Waals surface area contributed by atoms with Gasteiger partial charge in [0.1, 0.15) is 5.82 Å². The van der Waals surface area contributed by atoms with Crippen molar-refractivity contribution in [1.82, 2.24) is 15.6 Å². The molecule has 1 fully saturated rings. The highest BCUT2D eigenvalue weighted by Gasteiger charge is 2.16. The van der Waals surface area contributed by atoms with Gasteiger partial charge in [-0.25, -0.2) is 4.98 Å². The molecule has 27 heavy (non-hydrogen) atoms. The third-order valence-corrected chi connectivity index (χ3v) is 4.39. The number of hydrogen-bond acceptors (Lipinski definition) is 5. The lowest BCUT2D eigenvalue weighted by Crippen LogP contribution is -2.39. The number of morpholine rings is 1. The van der Waals surface area contributed by atoms with E-state index in [1.54, 1.807) is 30.5 Å². The molecule has 8 heteroatoms. The average Bonchev–Trinajstić information content (AvgIpc) is 2.71. The Morgan fingerprint density at radius 1 is 1.15 bits per heavy atom. The Balaban J connectivity index is 1.51. The molecule has 1 aromatic carbocycles. The van der Waals surface area contributed by atoms with Crippen LogP contribution in [0.4, 0.5) is 5.82 Å². The van der Waals surface area contributed by atoms with Crippen molar-refractivity contribution in [3.8, 4) is 0 Å². The molecule has 1 aromatic heterocycles. The number of benzene rings is 1. The number of rotatable bonds is 6. The molecule has 0 unspecified atom stereocenters. The molecular formula is C19H21ClN4O3. The highest BCUT2D eigenvalue weighted by atomic mass is 35.5. The first-order valence-corrected chi connectivity index (χ1v) is 9.08. The van der Waals surface area contributed by atoms with E-state index in [0.29, 0.717) is 30.3 Å². The lowest BCUT2D eigenvalue weighted by molar-refractivity contribution is -0.120. The van der Waals surface area contributed by atoms with Crippen molar-refractivity contribution in [3.63, 3.8) is 0 Å². The van der Waals surface area contributed by atoms with Crippen LogP contribution in [0, 0.1) is 0 Å². The summed E-state index contributed by atoms with van der Waals surface area (Å²) in [6, 6.07) is 10.3. The summed E-state index contributed by atoms with van der Waals surface area (Å²) in [6.07, 6.45) is 1.74. The second-order valence-electron chi connectivity index (χ2n) is 6.06. The molecule has 0 bridgehead atoms. The van der Waals surface area contributed by atoms with Crippen LogP contribution < -0.4 is 15.5 Å². The standard InChI is InChI=1S/C19H21ClN4O3/c20-16-5-1-3-14(11-16)19(26)23-13-17(25)22-12-15-4-2-6-21-18(15)24-7-9-27-10-8-24/h1-6,11H,7-10,12-13H2,(H,22,25)(H,23,26). The van der Waals surface area contributed by atoms with Crippen molar-refractivity contribution < 1.29 is 14.3 Å². The van der Waals surface area contributed by atoms with Crippen molar-refractivity contribution in [3.05, 3.63) is 58.7 Å². The minimum atomic E-state index is -0.344. The van der Waals surface area contributed by atoms with Gasteiger partial charge in [-0.2, -0.15) is 0 Å². The Morgan fingerprint density at radius 2 is 1.96 bits per heavy atom. The van der Waals surface area contributed by atoms with Gasteiger partial charge in [0, 0.05) is 42.0 Å². The van der Waals surface area contributed by atoms with E-state index < -0.39 is 0 Å². The SMILES string of the molecule is O=C(CNC(=O)c1cccc(Cl)c1)NCc1cccnc1N1CCOCC1. The number of ether oxygens (including phenoxy) is 1. The summed E-state index contributed by atoms with van der Waals surface area (Å²) in [7, 11) is 0. The van der Waals surface area contributed by atoms with Crippen LogP contribution in [0.25, 0.3) is 0 Å². The Morgan fingerprint density at radius 3 is 2.74 bits per heavy atom. The maximum Gasteiger partial charge on any atom is 0.251 e. The molecule has 7 nitrogen and oxygen atoms in total. The van der Waals surface area contributed by atoms with Gasteiger partial charge in [0.15, 0.2) is 0 Å². The molecule has 1 aliphatic heterocycles. The predicted octanol–water partition coefficient (Wildman–Crippen LogP) is 1.62. The minimum Gasteiger partial charge on any atom is -0.378 e. The van der Waals surface area contributed by atoms with Crippen molar-refractivity contribution in [1.29, 1.82) is 0 Å². The van der Waals surface area contributed by atoms with E-state index in [0.717, 1.165) is 24.5 Å². The molecule has 1 aliphatic rings. The van der Waals surface area contributed by atoms with Gasteiger partial charge < -0.3 is 20.3 Å². The number of amides is 2. The first-order chi connectivity index (χ1) is 13.1. The summed E-state index contributed by atoms with van der Waals surface area (Å²) in [4.78, 5) is 30.7. The fraction of sp³-hybridized carbons (Fsp3) is 0.316. The molecule has 0 spiro atoms. The Labute approximate surface area is 162 Å². The van der Waals surface area contributed by atoms with Gasteiger partial charge in [0.05, 0.1) is 19.8 Å². The van der Waals surface area contributed by atoms with E-state index in [-0.39, 0.29) is 18.4 Å². The zero-order valence-corrected chi connectivity index (χ0v) is 15.5. The van der Waals surface area contributed by atoms with E-state index in [4.69, 9.17) is 16.3 Å². The number of nitrogens with one attached hydrogen (secondary N) is 2. The van der Waals surface area contributed by atoms with Crippen molar-refractivity contribution in [2.24, 2.45) is 0 Å². The van der Waals surface area contributed by atoms with Crippen molar-refractivity contribution in [2.75, 3.05) is 37.7 Å². The summed E-state index contributed by atoms with van der Waals surface area (Å²) in [5.74, 6) is 0.231. The van der Waals surface area contributed by atoms with Crippen LogP contribution in [0.15, 0.2) is 42.6 Å². The normalized spacial score (nSPS) is 13.9. The predicted molar refractivity (Wildman–Crippen MR) is 103 cm³/mol. The molecule has 0 aliphatic carbocycles. The second kappa shape index (κ2) is 9.34. The Kier molecular flexibility index (Phi) is 6.62. The van der Waals surface area contributed by atoms with Gasteiger partial charge in [0.25, 0.3) is 5.91 Å². The number of pyridine rings is 1. The number of carbonyl (C=O) groups is 2. The number of halogens is 1. The summed E-state index contributed by atoms with van der Waals surface area (Å²) in [6.45, 7) is 3.10. The maximum absolute atomic E-state index is 12.1. The van der Waals surface area contributed by atoms with Crippen LogP contribution in [0.1, 0.15) is 15.9 Å². The van der Waals surface area contributed by atoms with Gasteiger partial charge in [-0.15, -0.1) is 0 Å². The molecule has 0 radical (unpaired) electrons. The molecular weight excluding hydrogens is 368 g/mol. The molecule has 3 rings (SSSR count). The highest BCUT2D eigenvalue weighted by Crippen LogP contribution is 2.18. The van der Waals surface area contributed by atoms with Crippen LogP contribution in [0.5, 0.6) is 0 Å². The van der Waals surface area contributed by atoms with E-state index in [2.05, 4.69) is 20.5 Å². The number of anilines is 1.